The first-order valence-electron chi connectivity index (χ1n) is 9.52. The van der Waals surface area contributed by atoms with E-state index in [4.69, 9.17) is 0 Å². The van der Waals surface area contributed by atoms with Gasteiger partial charge in [-0.15, -0.1) is 0 Å². The van der Waals surface area contributed by atoms with Gasteiger partial charge in [-0.3, -0.25) is 9.59 Å². The van der Waals surface area contributed by atoms with E-state index < -0.39 is 0 Å². The van der Waals surface area contributed by atoms with Crippen LogP contribution in [0.1, 0.15) is 56.1 Å². The molecular weight excluding hydrogens is 314 g/mol. The topological polar surface area (TPSA) is 74.8 Å². The number of carbonyl (C=O) groups excluding carboxylic acids is 2. The number of hydrogen-bond acceptors (Lipinski definition) is 2. The minimum absolute atomic E-state index is 0.0190. The molecule has 0 aliphatic heterocycles. The number of quaternary nitrogens is 1. The number of amides is 2. The van der Waals surface area contributed by atoms with Crippen molar-refractivity contribution in [1.82, 2.24) is 5.32 Å². The van der Waals surface area contributed by atoms with Crippen LogP contribution in [0.15, 0.2) is 18.2 Å². The van der Waals surface area contributed by atoms with E-state index in [0.29, 0.717) is 12.6 Å². The van der Waals surface area contributed by atoms with E-state index in [1.165, 1.54) is 44.9 Å². The van der Waals surface area contributed by atoms with Crippen LogP contribution in [0.5, 0.6) is 0 Å². The first-order valence-corrected chi connectivity index (χ1v) is 9.52. The summed E-state index contributed by atoms with van der Waals surface area (Å²) in [4.78, 5) is 24.1. The Balaban J connectivity index is 1.69. The number of para-hydroxylation sites is 1. The van der Waals surface area contributed by atoms with E-state index in [1.54, 1.807) is 0 Å². The van der Waals surface area contributed by atoms with Crippen LogP contribution in [0.2, 0.25) is 0 Å². The van der Waals surface area contributed by atoms with Gasteiger partial charge in [-0.1, -0.05) is 37.5 Å². The molecule has 0 aromatic heterocycles. The van der Waals surface area contributed by atoms with Crippen molar-refractivity contribution in [3.63, 3.8) is 0 Å². The Morgan fingerprint density at radius 1 is 1.00 bits per heavy atom. The average molecular weight is 346 g/mol. The van der Waals surface area contributed by atoms with Crippen LogP contribution < -0.4 is 16.0 Å². The lowest BCUT2D eigenvalue weighted by Gasteiger charge is -2.18. The molecule has 0 spiro atoms. The lowest BCUT2D eigenvalue weighted by molar-refractivity contribution is -0.680. The molecule has 0 radical (unpaired) electrons. The van der Waals surface area contributed by atoms with Gasteiger partial charge in [-0.25, -0.2) is 0 Å². The molecule has 2 amide bonds. The number of anilines is 1. The molecule has 0 saturated heterocycles. The summed E-state index contributed by atoms with van der Waals surface area (Å²) in [7, 11) is 0. The van der Waals surface area contributed by atoms with Crippen LogP contribution in [0.25, 0.3) is 0 Å². The van der Waals surface area contributed by atoms with Gasteiger partial charge in [0.2, 0.25) is 5.91 Å². The molecular formula is C20H32N3O2+. The Hall–Kier alpha value is -1.88. The zero-order valence-corrected chi connectivity index (χ0v) is 15.6. The lowest BCUT2D eigenvalue weighted by Crippen LogP contribution is -2.92. The van der Waals surface area contributed by atoms with Crippen LogP contribution in [0, 0.1) is 13.8 Å². The lowest BCUT2D eigenvalue weighted by atomic mass is 9.97. The molecule has 1 aromatic rings. The first-order chi connectivity index (χ1) is 12.1. The summed E-state index contributed by atoms with van der Waals surface area (Å²) in [6, 6.07) is 6.44. The normalized spacial score (nSPS) is 15.9. The zero-order chi connectivity index (χ0) is 18.1. The predicted molar refractivity (Wildman–Crippen MR) is 100 cm³/mol. The van der Waals surface area contributed by atoms with E-state index in [2.05, 4.69) is 16.0 Å². The molecule has 25 heavy (non-hydrogen) atoms. The van der Waals surface area contributed by atoms with E-state index in [9.17, 15) is 9.59 Å². The molecule has 1 saturated carbocycles. The van der Waals surface area contributed by atoms with Gasteiger partial charge in [-0.05, 0) is 50.7 Å². The van der Waals surface area contributed by atoms with Crippen LogP contribution >= 0.6 is 0 Å². The van der Waals surface area contributed by atoms with Gasteiger partial charge in [0, 0.05) is 5.69 Å². The minimum Gasteiger partial charge on any atom is -0.342 e. The van der Waals surface area contributed by atoms with Crippen molar-refractivity contribution in [2.75, 3.05) is 18.4 Å². The van der Waals surface area contributed by atoms with E-state index in [-0.39, 0.29) is 18.4 Å². The van der Waals surface area contributed by atoms with Crippen LogP contribution in [0.3, 0.4) is 0 Å². The number of nitrogens with one attached hydrogen (secondary N) is 2. The molecule has 1 fully saturated rings. The van der Waals surface area contributed by atoms with E-state index >= 15 is 0 Å². The third kappa shape index (κ3) is 6.86. The monoisotopic (exact) mass is 346 g/mol. The third-order valence-electron chi connectivity index (χ3n) is 4.98. The highest BCUT2D eigenvalue weighted by Gasteiger charge is 2.16. The molecule has 1 aliphatic rings. The summed E-state index contributed by atoms with van der Waals surface area (Å²) in [5.41, 5.74) is 2.89. The maximum atomic E-state index is 12.1. The van der Waals surface area contributed by atoms with Crippen LogP contribution in [-0.2, 0) is 9.59 Å². The molecule has 0 heterocycles. The number of benzene rings is 1. The van der Waals surface area contributed by atoms with Gasteiger partial charge in [-0.2, -0.15) is 0 Å². The molecule has 0 unspecified atom stereocenters. The Bertz CT molecular complexity index is 558. The largest absolute Gasteiger partial charge is 0.342 e. The summed E-state index contributed by atoms with van der Waals surface area (Å²) in [6.07, 6.45) is 8.90. The van der Waals surface area contributed by atoms with Crippen molar-refractivity contribution in [2.45, 2.75) is 64.8 Å². The van der Waals surface area contributed by atoms with Crippen molar-refractivity contribution >= 4 is 17.5 Å². The summed E-state index contributed by atoms with van der Waals surface area (Å²) < 4.78 is 0. The maximum Gasteiger partial charge on any atom is 0.275 e. The molecule has 5 nitrogen and oxygen atoms in total. The molecule has 4 N–H and O–H groups in total. The van der Waals surface area contributed by atoms with Crippen LogP contribution in [0.4, 0.5) is 5.69 Å². The predicted octanol–water partition coefficient (Wildman–Crippen LogP) is 2.03. The molecule has 1 aliphatic carbocycles. The van der Waals surface area contributed by atoms with Gasteiger partial charge in [0.25, 0.3) is 5.91 Å². The fourth-order valence-corrected chi connectivity index (χ4v) is 3.44. The Morgan fingerprint density at radius 2 is 1.60 bits per heavy atom. The SMILES string of the molecule is Cc1cccc(C)c1NC(=O)CNC(=O)C[NH2+]C1CCCCCCC1. The standard InChI is InChI=1S/C20H31N3O2/c1-15-9-8-10-16(2)20(15)23-19(25)14-22-18(24)13-21-17-11-6-4-3-5-7-12-17/h8-10,17,21H,3-7,11-14H2,1-2H3,(H,22,24)(H,23,25)/p+1. The first kappa shape index (κ1) is 19.4. The molecule has 0 bridgehead atoms. The zero-order valence-electron chi connectivity index (χ0n) is 15.6. The van der Waals surface area contributed by atoms with Gasteiger partial charge in [0.15, 0.2) is 6.54 Å². The van der Waals surface area contributed by atoms with Crippen LogP contribution in [-0.4, -0.2) is 30.9 Å². The molecule has 2 rings (SSSR count). The van der Waals surface area contributed by atoms with E-state index in [0.717, 1.165) is 16.8 Å². The van der Waals surface area contributed by atoms with Gasteiger partial charge >= 0.3 is 0 Å². The van der Waals surface area contributed by atoms with Crippen molar-refractivity contribution in [3.8, 4) is 0 Å². The number of aryl methyl sites for hydroxylation is 2. The Kier molecular flexibility index (Phi) is 7.92. The van der Waals surface area contributed by atoms with Crippen molar-refractivity contribution in [3.05, 3.63) is 29.3 Å². The number of hydrogen-bond donors (Lipinski definition) is 3. The van der Waals surface area contributed by atoms with Crippen molar-refractivity contribution < 1.29 is 14.9 Å². The van der Waals surface area contributed by atoms with Crippen molar-refractivity contribution in [2.24, 2.45) is 0 Å². The molecule has 5 heteroatoms. The van der Waals surface area contributed by atoms with E-state index in [1.807, 2.05) is 32.0 Å². The minimum atomic E-state index is -0.184. The summed E-state index contributed by atoms with van der Waals surface area (Å²) >= 11 is 0. The van der Waals surface area contributed by atoms with Crippen molar-refractivity contribution in [1.29, 1.82) is 0 Å². The highest BCUT2D eigenvalue weighted by molar-refractivity contribution is 5.95. The second-order valence-electron chi connectivity index (χ2n) is 7.14. The molecule has 0 atom stereocenters. The highest BCUT2D eigenvalue weighted by atomic mass is 16.2. The third-order valence-corrected chi connectivity index (χ3v) is 4.98. The Labute approximate surface area is 151 Å². The Morgan fingerprint density at radius 3 is 2.24 bits per heavy atom. The second-order valence-corrected chi connectivity index (χ2v) is 7.14. The summed E-state index contributed by atoms with van der Waals surface area (Å²) in [6.45, 7) is 4.35. The van der Waals surface area contributed by atoms with Gasteiger partial charge in [0.05, 0.1) is 12.6 Å². The van der Waals surface area contributed by atoms with Gasteiger partial charge in [0.1, 0.15) is 0 Å². The molecule has 1 aromatic carbocycles. The van der Waals surface area contributed by atoms with Gasteiger partial charge < -0.3 is 16.0 Å². The number of rotatable bonds is 6. The fraction of sp³-hybridized carbons (Fsp3) is 0.600. The number of carbonyl (C=O) groups is 2. The smallest absolute Gasteiger partial charge is 0.275 e. The fourth-order valence-electron chi connectivity index (χ4n) is 3.44. The summed E-state index contributed by atoms with van der Waals surface area (Å²) in [5, 5.41) is 7.76. The number of nitrogens with two attached hydrogens (primary N) is 1. The quantitative estimate of drug-likeness (QED) is 0.737. The molecule has 138 valence electrons. The maximum absolute atomic E-state index is 12.1. The second kappa shape index (κ2) is 10.2. The average Bonchev–Trinajstić information content (AvgIpc) is 2.55. The summed E-state index contributed by atoms with van der Waals surface area (Å²) in [5.74, 6) is -0.254. The highest BCUT2D eigenvalue weighted by Crippen LogP contribution is 2.19.